The van der Waals surface area contributed by atoms with Crippen molar-refractivity contribution in [1.29, 1.82) is 0 Å². The van der Waals surface area contributed by atoms with E-state index in [1.54, 1.807) is 11.4 Å². The molecule has 0 saturated heterocycles. The van der Waals surface area contributed by atoms with E-state index in [9.17, 15) is 9.59 Å². The summed E-state index contributed by atoms with van der Waals surface area (Å²) in [5.41, 5.74) is 0.660. The standard InChI is InChI=1S/C14H18N4O2S2.2ClH/c1-2-15-5-6-16-12(19)8-10-9-22-14(17-10)18-13(20)11-4-3-7-21-11;;/h3-4,7,9,15H,2,5-6,8H2,1H3,(H,16,19)(H,17,18,20);2*1H. The monoisotopic (exact) mass is 410 g/mol. The van der Waals surface area contributed by atoms with Crippen molar-refractivity contribution in [3.8, 4) is 0 Å². The molecule has 2 amide bonds. The second kappa shape index (κ2) is 12.2. The molecule has 2 rings (SSSR count). The molecule has 24 heavy (non-hydrogen) atoms. The van der Waals surface area contributed by atoms with E-state index in [2.05, 4.69) is 20.9 Å². The average molecular weight is 411 g/mol. The van der Waals surface area contributed by atoms with Crippen LogP contribution < -0.4 is 16.0 Å². The minimum absolute atomic E-state index is 0. The summed E-state index contributed by atoms with van der Waals surface area (Å²) in [5.74, 6) is -0.245. The first-order valence-corrected chi connectivity index (χ1v) is 8.71. The van der Waals surface area contributed by atoms with Crippen LogP contribution in [-0.2, 0) is 11.2 Å². The second-order valence-corrected chi connectivity index (χ2v) is 6.26. The Morgan fingerprint density at radius 1 is 1.21 bits per heavy atom. The van der Waals surface area contributed by atoms with Crippen LogP contribution in [0.1, 0.15) is 22.3 Å². The number of aromatic nitrogens is 1. The molecule has 134 valence electrons. The molecule has 0 saturated carbocycles. The lowest BCUT2D eigenvalue weighted by Gasteiger charge is -2.04. The summed E-state index contributed by atoms with van der Waals surface area (Å²) in [4.78, 5) is 28.5. The van der Waals surface area contributed by atoms with Crippen LogP contribution in [0.15, 0.2) is 22.9 Å². The summed E-state index contributed by atoms with van der Waals surface area (Å²) in [7, 11) is 0. The molecular weight excluding hydrogens is 391 g/mol. The van der Waals surface area contributed by atoms with Crippen molar-refractivity contribution in [3.05, 3.63) is 33.5 Å². The molecule has 3 N–H and O–H groups in total. The summed E-state index contributed by atoms with van der Waals surface area (Å²) < 4.78 is 0. The van der Waals surface area contributed by atoms with E-state index in [0.29, 0.717) is 22.2 Å². The number of anilines is 1. The Balaban J connectivity index is 0.00000264. The van der Waals surface area contributed by atoms with Crippen molar-refractivity contribution >= 4 is 64.4 Å². The third-order valence-electron chi connectivity index (χ3n) is 2.73. The first kappa shape index (κ1) is 22.8. The van der Waals surface area contributed by atoms with Crippen molar-refractivity contribution in [2.75, 3.05) is 25.0 Å². The van der Waals surface area contributed by atoms with Crippen molar-refractivity contribution < 1.29 is 9.59 Å². The van der Waals surface area contributed by atoms with Gasteiger partial charge in [0.15, 0.2) is 5.13 Å². The molecule has 2 aromatic heterocycles. The van der Waals surface area contributed by atoms with Crippen LogP contribution >= 0.6 is 47.5 Å². The van der Waals surface area contributed by atoms with E-state index in [4.69, 9.17) is 0 Å². The minimum atomic E-state index is -0.175. The Labute approximate surface area is 161 Å². The van der Waals surface area contributed by atoms with Gasteiger partial charge in [0.25, 0.3) is 5.91 Å². The van der Waals surface area contributed by atoms with E-state index >= 15 is 0 Å². The molecule has 0 bridgehead atoms. The second-order valence-electron chi connectivity index (χ2n) is 4.46. The van der Waals surface area contributed by atoms with Crippen LogP contribution in [0.2, 0.25) is 0 Å². The molecule has 0 spiro atoms. The summed E-state index contributed by atoms with van der Waals surface area (Å²) in [6.45, 7) is 4.25. The fourth-order valence-electron chi connectivity index (χ4n) is 1.71. The SMILES string of the molecule is CCNCCNC(=O)Cc1csc(NC(=O)c2cccs2)n1.Cl.Cl. The largest absolute Gasteiger partial charge is 0.354 e. The van der Waals surface area contributed by atoms with Crippen LogP contribution in [-0.4, -0.2) is 36.4 Å². The maximum Gasteiger partial charge on any atom is 0.267 e. The van der Waals surface area contributed by atoms with Crippen LogP contribution in [0.4, 0.5) is 5.13 Å². The van der Waals surface area contributed by atoms with Gasteiger partial charge in [0.05, 0.1) is 17.0 Å². The maximum atomic E-state index is 11.9. The van der Waals surface area contributed by atoms with Gasteiger partial charge in [0, 0.05) is 18.5 Å². The van der Waals surface area contributed by atoms with Gasteiger partial charge in [-0.15, -0.1) is 47.5 Å². The fourth-order valence-corrected chi connectivity index (χ4v) is 3.03. The number of carbonyl (C=O) groups excluding carboxylic acids is 2. The molecule has 0 atom stereocenters. The number of thiazole rings is 1. The zero-order chi connectivity index (χ0) is 15.8. The minimum Gasteiger partial charge on any atom is -0.354 e. The Kier molecular flexibility index (Phi) is 11.6. The number of hydrogen-bond donors (Lipinski definition) is 3. The molecule has 10 heteroatoms. The van der Waals surface area contributed by atoms with Crippen molar-refractivity contribution in [2.45, 2.75) is 13.3 Å². The van der Waals surface area contributed by atoms with Gasteiger partial charge in [-0.1, -0.05) is 13.0 Å². The number of likely N-dealkylation sites (N-methyl/N-ethyl adjacent to an activating group) is 1. The Morgan fingerprint density at radius 3 is 2.67 bits per heavy atom. The molecule has 0 unspecified atom stereocenters. The molecule has 0 radical (unpaired) electrons. The first-order valence-electron chi connectivity index (χ1n) is 6.95. The summed E-state index contributed by atoms with van der Waals surface area (Å²) in [6.07, 6.45) is 0.220. The van der Waals surface area contributed by atoms with Crippen LogP contribution in [0, 0.1) is 0 Å². The van der Waals surface area contributed by atoms with Gasteiger partial charge in [-0.25, -0.2) is 4.98 Å². The topological polar surface area (TPSA) is 83.1 Å². The van der Waals surface area contributed by atoms with Crippen LogP contribution in [0.25, 0.3) is 0 Å². The first-order chi connectivity index (χ1) is 10.7. The number of hydrogen-bond acceptors (Lipinski definition) is 6. The van der Waals surface area contributed by atoms with E-state index in [0.717, 1.165) is 13.1 Å². The summed E-state index contributed by atoms with van der Waals surface area (Å²) in [5, 5.41) is 12.8. The predicted octanol–water partition coefficient (Wildman–Crippen LogP) is 2.57. The molecule has 0 fully saturated rings. The van der Waals surface area contributed by atoms with Crippen molar-refractivity contribution in [3.63, 3.8) is 0 Å². The van der Waals surface area contributed by atoms with Gasteiger partial charge < -0.3 is 10.6 Å². The third kappa shape index (κ3) is 7.59. The highest BCUT2D eigenvalue weighted by Gasteiger charge is 2.11. The average Bonchev–Trinajstić information content (AvgIpc) is 3.15. The molecule has 2 aromatic rings. The summed E-state index contributed by atoms with van der Waals surface area (Å²) in [6, 6.07) is 3.58. The molecule has 0 aliphatic heterocycles. The quantitative estimate of drug-likeness (QED) is 0.583. The van der Waals surface area contributed by atoms with E-state index in [1.165, 1.54) is 22.7 Å². The number of thiophene rings is 1. The molecular formula is C14H20Cl2N4O2S2. The maximum absolute atomic E-state index is 11.9. The number of nitrogens with zero attached hydrogens (tertiary/aromatic N) is 1. The number of rotatable bonds is 8. The predicted molar refractivity (Wildman–Crippen MR) is 104 cm³/mol. The highest BCUT2D eigenvalue weighted by atomic mass is 35.5. The highest BCUT2D eigenvalue weighted by molar-refractivity contribution is 7.14. The Hall–Kier alpha value is -1.19. The van der Waals surface area contributed by atoms with Gasteiger partial charge in [-0.05, 0) is 18.0 Å². The lowest BCUT2D eigenvalue weighted by atomic mass is 10.3. The normalized spacial score (nSPS) is 9.54. The Bertz CT molecular complexity index is 620. The van der Waals surface area contributed by atoms with Gasteiger partial charge in [0.2, 0.25) is 5.91 Å². The Morgan fingerprint density at radius 2 is 2.00 bits per heavy atom. The third-order valence-corrected chi connectivity index (χ3v) is 4.41. The van der Waals surface area contributed by atoms with Crippen molar-refractivity contribution in [1.82, 2.24) is 15.6 Å². The van der Waals surface area contributed by atoms with E-state index in [-0.39, 0.29) is 43.0 Å². The lowest BCUT2D eigenvalue weighted by Crippen LogP contribution is -2.32. The molecule has 0 aromatic carbocycles. The fraction of sp³-hybridized carbons (Fsp3) is 0.357. The lowest BCUT2D eigenvalue weighted by molar-refractivity contribution is -0.120. The van der Waals surface area contributed by atoms with E-state index < -0.39 is 0 Å². The molecule has 2 heterocycles. The number of carbonyl (C=O) groups is 2. The summed E-state index contributed by atoms with van der Waals surface area (Å²) >= 11 is 2.69. The van der Waals surface area contributed by atoms with E-state index in [1.807, 2.05) is 18.4 Å². The van der Waals surface area contributed by atoms with Crippen LogP contribution in [0.3, 0.4) is 0 Å². The van der Waals surface area contributed by atoms with Gasteiger partial charge in [0.1, 0.15) is 0 Å². The molecule has 0 aliphatic rings. The number of halogens is 2. The highest BCUT2D eigenvalue weighted by Crippen LogP contribution is 2.18. The molecule has 0 aliphatic carbocycles. The zero-order valence-corrected chi connectivity index (χ0v) is 16.3. The van der Waals surface area contributed by atoms with Gasteiger partial charge in [-0.3, -0.25) is 14.9 Å². The number of amides is 2. The molecule has 6 nitrogen and oxygen atoms in total. The smallest absolute Gasteiger partial charge is 0.267 e. The zero-order valence-electron chi connectivity index (χ0n) is 13.0. The van der Waals surface area contributed by atoms with Crippen molar-refractivity contribution in [2.24, 2.45) is 0 Å². The van der Waals surface area contributed by atoms with Gasteiger partial charge in [-0.2, -0.15) is 0 Å². The number of nitrogens with one attached hydrogen (secondary N) is 3. The van der Waals surface area contributed by atoms with Gasteiger partial charge >= 0.3 is 0 Å². The van der Waals surface area contributed by atoms with Crippen LogP contribution in [0.5, 0.6) is 0 Å².